The van der Waals surface area contributed by atoms with Crippen LogP contribution in [0.2, 0.25) is 0 Å². The standard InChI is InChI=1S/C27H37ClF2N4O3/c1-8-27(4,16-35-6)34(5)12-9-13-37-24-15-22-20(14-23(24)36-7)26(32-17-31-22)33-21(11-10-18(2)29)25(30)19(3)28/h10-11,14-15,17H,8-9,12-13,16H2,1-7H3,(H,31,32,33)/b18-10+,21-11+,25-19-. The molecule has 204 valence electrons. The van der Waals surface area contributed by atoms with Gasteiger partial charge < -0.3 is 19.5 Å². The fourth-order valence-corrected chi connectivity index (χ4v) is 3.77. The summed E-state index contributed by atoms with van der Waals surface area (Å²) < 4.78 is 44.9. The number of nitrogens with zero attached hydrogens (tertiary/aromatic N) is 3. The minimum Gasteiger partial charge on any atom is -0.493 e. The number of anilines is 1. The Hall–Kier alpha value is -2.75. The summed E-state index contributed by atoms with van der Waals surface area (Å²) in [4.78, 5) is 10.8. The number of likely N-dealkylation sites (N-methyl/N-ethyl adjacent to an activating group) is 1. The summed E-state index contributed by atoms with van der Waals surface area (Å²) >= 11 is 5.85. The zero-order valence-electron chi connectivity index (χ0n) is 22.6. The lowest BCUT2D eigenvalue weighted by Gasteiger charge is -2.37. The molecule has 0 saturated carbocycles. The van der Waals surface area contributed by atoms with Crippen molar-refractivity contribution in [3.8, 4) is 11.5 Å². The third-order valence-electron chi connectivity index (χ3n) is 6.23. The summed E-state index contributed by atoms with van der Waals surface area (Å²) in [5.41, 5.74) is 0.478. The first-order chi connectivity index (χ1) is 17.6. The van der Waals surface area contributed by atoms with E-state index < -0.39 is 11.7 Å². The summed E-state index contributed by atoms with van der Waals surface area (Å²) in [6, 6.07) is 3.47. The van der Waals surface area contributed by atoms with E-state index in [0.717, 1.165) is 25.5 Å². The van der Waals surface area contributed by atoms with Crippen LogP contribution in [0.4, 0.5) is 14.6 Å². The van der Waals surface area contributed by atoms with Gasteiger partial charge in [-0.3, -0.25) is 4.90 Å². The van der Waals surface area contributed by atoms with E-state index in [9.17, 15) is 8.78 Å². The van der Waals surface area contributed by atoms with E-state index in [1.807, 2.05) is 0 Å². The Morgan fingerprint density at radius 1 is 1.16 bits per heavy atom. The fourth-order valence-electron chi connectivity index (χ4n) is 3.66. The van der Waals surface area contributed by atoms with Crippen LogP contribution in [0, 0.1) is 0 Å². The van der Waals surface area contributed by atoms with Gasteiger partial charge in [-0.25, -0.2) is 18.7 Å². The van der Waals surface area contributed by atoms with Gasteiger partial charge in [0.2, 0.25) is 0 Å². The second kappa shape index (κ2) is 14.3. The number of benzene rings is 1. The zero-order valence-corrected chi connectivity index (χ0v) is 23.4. The molecule has 37 heavy (non-hydrogen) atoms. The maximum Gasteiger partial charge on any atom is 0.163 e. The molecule has 7 nitrogen and oxygen atoms in total. The number of ether oxygens (including phenoxy) is 3. The molecule has 0 aliphatic carbocycles. The first-order valence-corrected chi connectivity index (χ1v) is 12.4. The predicted molar refractivity (Wildman–Crippen MR) is 146 cm³/mol. The molecular weight excluding hydrogens is 502 g/mol. The number of aromatic nitrogens is 2. The molecule has 1 heterocycles. The van der Waals surface area contributed by atoms with Crippen molar-refractivity contribution in [2.24, 2.45) is 0 Å². The number of hydrogen-bond donors (Lipinski definition) is 1. The highest BCUT2D eigenvalue weighted by molar-refractivity contribution is 6.29. The minimum absolute atomic E-state index is 0.0412. The lowest BCUT2D eigenvalue weighted by atomic mass is 9.98. The molecule has 0 fully saturated rings. The van der Waals surface area contributed by atoms with Crippen LogP contribution >= 0.6 is 11.6 Å². The highest BCUT2D eigenvalue weighted by Gasteiger charge is 2.26. The van der Waals surface area contributed by atoms with Gasteiger partial charge in [0.1, 0.15) is 12.1 Å². The van der Waals surface area contributed by atoms with E-state index in [0.29, 0.717) is 41.4 Å². The second-order valence-corrected chi connectivity index (χ2v) is 9.52. The minimum atomic E-state index is -0.729. The molecule has 1 aromatic carbocycles. The third-order valence-corrected chi connectivity index (χ3v) is 6.39. The van der Waals surface area contributed by atoms with Crippen molar-refractivity contribution in [1.29, 1.82) is 0 Å². The van der Waals surface area contributed by atoms with Crippen molar-refractivity contribution >= 4 is 28.3 Å². The van der Waals surface area contributed by atoms with Gasteiger partial charge in [0.15, 0.2) is 17.3 Å². The summed E-state index contributed by atoms with van der Waals surface area (Å²) in [7, 11) is 5.34. The zero-order chi connectivity index (χ0) is 27.6. The van der Waals surface area contributed by atoms with Crippen LogP contribution in [-0.4, -0.2) is 61.4 Å². The highest BCUT2D eigenvalue weighted by atomic mass is 35.5. The van der Waals surface area contributed by atoms with Crippen LogP contribution in [-0.2, 0) is 4.74 Å². The number of allylic oxidation sites excluding steroid dienone is 5. The molecule has 2 rings (SSSR count). The number of nitrogens with one attached hydrogen (secondary N) is 1. The van der Waals surface area contributed by atoms with Gasteiger partial charge in [-0.2, -0.15) is 0 Å². The van der Waals surface area contributed by atoms with E-state index in [4.69, 9.17) is 25.8 Å². The summed E-state index contributed by atoms with van der Waals surface area (Å²) in [6.45, 7) is 8.96. The molecule has 1 N–H and O–H groups in total. The van der Waals surface area contributed by atoms with Crippen molar-refractivity contribution in [3.05, 3.63) is 53.0 Å². The molecule has 1 atom stereocenters. The molecule has 10 heteroatoms. The Morgan fingerprint density at radius 3 is 2.49 bits per heavy atom. The average molecular weight is 539 g/mol. The second-order valence-electron chi connectivity index (χ2n) is 8.96. The average Bonchev–Trinajstić information content (AvgIpc) is 2.87. The molecule has 0 saturated heterocycles. The normalized spacial score (nSPS) is 15.0. The highest BCUT2D eigenvalue weighted by Crippen LogP contribution is 2.35. The smallest absolute Gasteiger partial charge is 0.163 e. The topological polar surface area (TPSA) is 68.7 Å². The lowest BCUT2D eigenvalue weighted by molar-refractivity contribution is 0.0324. The SMILES string of the molecule is CCC(C)(COC)N(C)CCCOc1cc2ncnc(NC(=C/C=C(\C)F)/C(F)=C(\C)Cl)c2cc1OC. The van der Waals surface area contributed by atoms with Crippen LogP contribution in [0.1, 0.15) is 40.5 Å². The van der Waals surface area contributed by atoms with Crippen LogP contribution in [0.25, 0.3) is 10.9 Å². The van der Waals surface area contributed by atoms with Crippen LogP contribution in [0.5, 0.6) is 11.5 Å². The van der Waals surface area contributed by atoms with E-state index >= 15 is 0 Å². The van der Waals surface area contributed by atoms with E-state index in [-0.39, 0.29) is 16.3 Å². The van der Waals surface area contributed by atoms with Crippen molar-refractivity contribution in [2.75, 3.05) is 46.3 Å². The van der Waals surface area contributed by atoms with Crippen molar-refractivity contribution < 1.29 is 23.0 Å². The summed E-state index contributed by atoms with van der Waals surface area (Å²) in [5, 5.41) is 3.38. The predicted octanol–water partition coefficient (Wildman–Crippen LogP) is 6.76. The Balaban J connectivity index is 2.26. The third kappa shape index (κ3) is 8.38. The van der Waals surface area contributed by atoms with Gasteiger partial charge >= 0.3 is 0 Å². The molecule has 2 aromatic rings. The van der Waals surface area contributed by atoms with Gasteiger partial charge in [0.25, 0.3) is 0 Å². The maximum absolute atomic E-state index is 14.7. The van der Waals surface area contributed by atoms with Crippen LogP contribution in [0.3, 0.4) is 0 Å². The fraction of sp³-hybridized carbons (Fsp3) is 0.481. The molecule has 1 unspecified atom stereocenters. The summed E-state index contributed by atoms with van der Waals surface area (Å²) in [5.74, 6) is 0.0997. The quantitative estimate of drug-likeness (QED) is 0.210. The van der Waals surface area contributed by atoms with Gasteiger partial charge in [-0.15, -0.1) is 0 Å². The Morgan fingerprint density at radius 2 is 1.89 bits per heavy atom. The van der Waals surface area contributed by atoms with Gasteiger partial charge in [-0.05, 0) is 58.9 Å². The van der Waals surface area contributed by atoms with Crippen LogP contribution < -0.4 is 14.8 Å². The van der Waals surface area contributed by atoms with Crippen molar-refractivity contribution in [2.45, 2.75) is 46.1 Å². The van der Waals surface area contributed by atoms with E-state index in [1.54, 1.807) is 19.2 Å². The Kier molecular flexibility index (Phi) is 11.7. The number of hydrogen-bond acceptors (Lipinski definition) is 7. The Labute approximate surface area is 223 Å². The first kappa shape index (κ1) is 30.5. The van der Waals surface area contributed by atoms with Crippen molar-refractivity contribution in [1.82, 2.24) is 14.9 Å². The molecule has 0 radical (unpaired) electrons. The van der Waals surface area contributed by atoms with Gasteiger partial charge in [0, 0.05) is 30.6 Å². The molecular formula is C27H37ClF2N4O3. The molecule has 0 amide bonds. The van der Waals surface area contributed by atoms with Gasteiger partial charge in [-0.1, -0.05) is 18.5 Å². The molecule has 0 spiro atoms. The van der Waals surface area contributed by atoms with Crippen molar-refractivity contribution in [3.63, 3.8) is 0 Å². The Bertz CT molecular complexity index is 1150. The maximum atomic E-state index is 14.7. The molecule has 0 bridgehead atoms. The number of rotatable bonds is 14. The molecule has 0 aliphatic heterocycles. The van der Waals surface area contributed by atoms with E-state index in [2.05, 4.69) is 41.1 Å². The molecule has 1 aromatic heterocycles. The van der Waals surface area contributed by atoms with Gasteiger partial charge in [0.05, 0.1) is 42.4 Å². The monoisotopic (exact) mass is 538 g/mol. The number of halogens is 3. The number of fused-ring (bicyclic) bond motifs is 1. The van der Waals surface area contributed by atoms with Crippen LogP contribution in [0.15, 0.2) is 53.0 Å². The lowest BCUT2D eigenvalue weighted by Crippen LogP contribution is -2.47. The largest absolute Gasteiger partial charge is 0.493 e. The molecule has 0 aliphatic rings. The van der Waals surface area contributed by atoms with E-state index in [1.165, 1.54) is 33.4 Å². The summed E-state index contributed by atoms with van der Waals surface area (Å²) in [6.07, 6.45) is 5.50. The number of methoxy groups -OCH3 is 2. The first-order valence-electron chi connectivity index (χ1n) is 12.0.